The quantitative estimate of drug-likeness (QED) is 0.862. The summed E-state index contributed by atoms with van der Waals surface area (Å²) in [6.45, 7) is 4.94. The third-order valence-corrected chi connectivity index (χ3v) is 3.66. The SMILES string of the molecule is Cc1cccc2cc(N3CCC(CN)C3)oc12. The number of para-hydroxylation sites is 1. The normalized spacial score (nSPS) is 20.4. The van der Waals surface area contributed by atoms with Gasteiger partial charge in [0.05, 0.1) is 0 Å². The molecule has 2 heterocycles. The molecule has 2 N–H and O–H groups in total. The summed E-state index contributed by atoms with van der Waals surface area (Å²) >= 11 is 0. The minimum atomic E-state index is 0.615. The highest BCUT2D eigenvalue weighted by atomic mass is 16.4. The van der Waals surface area contributed by atoms with Crippen molar-refractivity contribution in [2.45, 2.75) is 13.3 Å². The molecule has 0 bridgehead atoms. The number of aryl methyl sites for hydroxylation is 1. The van der Waals surface area contributed by atoms with E-state index in [0.717, 1.165) is 31.1 Å². The van der Waals surface area contributed by atoms with Gasteiger partial charge in [0.25, 0.3) is 0 Å². The lowest BCUT2D eigenvalue weighted by Gasteiger charge is -2.14. The molecule has 0 radical (unpaired) electrons. The molecule has 1 aliphatic rings. The molecule has 2 aromatic rings. The van der Waals surface area contributed by atoms with Crippen LogP contribution in [0, 0.1) is 12.8 Å². The summed E-state index contributed by atoms with van der Waals surface area (Å²) in [6.07, 6.45) is 1.17. The van der Waals surface area contributed by atoms with E-state index in [9.17, 15) is 0 Å². The Morgan fingerprint density at radius 2 is 2.35 bits per heavy atom. The van der Waals surface area contributed by atoms with Crippen molar-refractivity contribution in [1.82, 2.24) is 0 Å². The van der Waals surface area contributed by atoms with Crippen LogP contribution in [0.1, 0.15) is 12.0 Å². The van der Waals surface area contributed by atoms with Crippen LogP contribution in [0.4, 0.5) is 5.88 Å². The lowest BCUT2D eigenvalue weighted by atomic mass is 10.1. The number of hydrogen-bond donors (Lipinski definition) is 1. The van der Waals surface area contributed by atoms with Crippen LogP contribution >= 0.6 is 0 Å². The smallest absolute Gasteiger partial charge is 0.196 e. The maximum Gasteiger partial charge on any atom is 0.196 e. The number of fused-ring (bicyclic) bond motifs is 1. The molecule has 1 fully saturated rings. The monoisotopic (exact) mass is 230 g/mol. The largest absolute Gasteiger partial charge is 0.440 e. The second kappa shape index (κ2) is 4.08. The number of anilines is 1. The Bertz CT molecular complexity index is 532. The van der Waals surface area contributed by atoms with E-state index < -0.39 is 0 Å². The summed E-state index contributed by atoms with van der Waals surface area (Å²) in [5, 5.41) is 1.19. The lowest BCUT2D eigenvalue weighted by molar-refractivity contribution is 0.577. The third kappa shape index (κ3) is 1.80. The van der Waals surface area contributed by atoms with Gasteiger partial charge in [-0.05, 0) is 31.4 Å². The summed E-state index contributed by atoms with van der Waals surface area (Å²) < 4.78 is 5.96. The summed E-state index contributed by atoms with van der Waals surface area (Å²) in [5.74, 6) is 1.61. The molecule has 0 aliphatic carbocycles. The van der Waals surface area contributed by atoms with Crippen LogP contribution in [-0.4, -0.2) is 19.6 Å². The van der Waals surface area contributed by atoms with E-state index in [4.69, 9.17) is 10.2 Å². The molecule has 1 aromatic carbocycles. The van der Waals surface area contributed by atoms with Crippen molar-refractivity contribution >= 4 is 16.9 Å². The Labute approximate surface area is 101 Å². The van der Waals surface area contributed by atoms with Crippen molar-refractivity contribution in [3.05, 3.63) is 29.8 Å². The molecule has 0 amide bonds. The van der Waals surface area contributed by atoms with Crippen molar-refractivity contribution in [2.75, 3.05) is 24.5 Å². The average molecular weight is 230 g/mol. The van der Waals surface area contributed by atoms with Gasteiger partial charge in [-0.25, -0.2) is 0 Å². The Kier molecular flexibility index (Phi) is 2.56. The van der Waals surface area contributed by atoms with E-state index in [-0.39, 0.29) is 0 Å². The third-order valence-electron chi connectivity index (χ3n) is 3.66. The van der Waals surface area contributed by atoms with E-state index in [2.05, 4.69) is 36.1 Å². The Morgan fingerprint density at radius 3 is 3.06 bits per heavy atom. The molecule has 17 heavy (non-hydrogen) atoms. The van der Waals surface area contributed by atoms with Gasteiger partial charge in [0, 0.05) is 24.5 Å². The molecule has 0 saturated carbocycles. The molecule has 3 nitrogen and oxygen atoms in total. The molecule has 1 saturated heterocycles. The topological polar surface area (TPSA) is 42.4 Å². The van der Waals surface area contributed by atoms with Crippen molar-refractivity contribution in [2.24, 2.45) is 11.7 Å². The first-order valence-electron chi connectivity index (χ1n) is 6.22. The number of furan rings is 1. The standard InChI is InChI=1S/C14H18N2O/c1-10-3-2-4-12-7-13(17-14(10)12)16-6-5-11(8-15)9-16/h2-4,7,11H,5-6,8-9,15H2,1H3. The van der Waals surface area contributed by atoms with Crippen LogP contribution < -0.4 is 10.6 Å². The fourth-order valence-corrected chi connectivity index (χ4v) is 2.58. The van der Waals surface area contributed by atoms with Gasteiger partial charge in [-0.2, -0.15) is 0 Å². The maximum absolute atomic E-state index is 5.96. The molecule has 1 aromatic heterocycles. The Morgan fingerprint density at radius 1 is 1.47 bits per heavy atom. The average Bonchev–Trinajstić information content (AvgIpc) is 2.95. The predicted octanol–water partition coefficient (Wildman–Crippen LogP) is 2.53. The fraction of sp³-hybridized carbons (Fsp3) is 0.429. The molecule has 3 rings (SSSR count). The first-order chi connectivity index (χ1) is 8.28. The van der Waals surface area contributed by atoms with E-state index in [1.54, 1.807) is 0 Å². The van der Waals surface area contributed by atoms with E-state index in [0.29, 0.717) is 5.92 Å². The van der Waals surface area contributed by atoms with Crippen LogP contribution in [0.15, 0.2) is 28.7 Å². The zero-order chi connectivity index (χ0) is 11.8. The van der Waals surface area contributed by atoms with Gasteiger partial charge in [0.1, 0.15) is 5.58 Å². The Hall–Kier alpha value is -1.48. The minimum Gasteiger partial charge on any atom is -0.440 e. The summed E-state index contributed by atoms with van der Waals surface area (Å²) in [5.41, 5.74) is 7.93. The summed E-state index contributed by atoms with van der Waals surface area (Å²) in [4.78, 5) is 2.30. The molecule has 1 unspecified atom stereocenters. The van der Waals surface area contributed by atoms with Gasteiger partial charge in [-0.3, -0.25) is 0 Å². The highest BCUT2D eigenvalue weighted by Crippen LogP contribution is 2.31. The van der Waals surface area contributed by atoms with E-state index >= 15 is 0 Å². The van der Waals surface area contributed by atoms with Crippen LogP contribution in [0.3, 0.4) is 0 Å². The fourth-order valence-electron chi connectivity index (χ4n) is 2.58. The van der Waals surface area contributed by atoms with E-state index in [1.807, 2.05) is 0 Å². The zero-order valence-electron chi connectivity index (χ0n) is 10.1. The molecule has 90 valence electrons. The first kappa shape index (κ1) is 10.7. The minimum absolute atomic E-state index is 0.615. The number of benzene rings is 1. The molecular weight excluding hydrogens is 212 g/mol. The lowest BCUT2D eigenvalue weighted by Crippen LogP contribution is -2.22. The summed E-state index contributed by atoms with van der Waals surface area (Å²) in [7, 11) is 0. The van der Waals surface area contributed by atoms with E-state index in [1.165, 1.54) is 17.4 Å². The highest BCUT2D eigenvalue weighted by molar-refractivity contribution is 5.83. The van der Waals surface area contributed by atoms with Gasteiger partial charge in [0.15, 0.2) is 5.88 Å². The molecule has 0 spiro atoms. The van der Waals surface area contributed by atoms with Crippen LogP contribution in [0.5, 0.6) is 0 Å². The van der Waals surface area contributed by atoms with Crippen molar-refractivity contribution in [3.8, 4) is 0 Å². The second-order valence-corrected chi connectivity index (χ2v) is 4.91. The highest BCUT2D eigenvalue weighted by Gasteiger charge is 2.23. The van der Waals surface area contributed by atoms with Crippen LogP contribution in [-0.2, 0) is 0 Å². The molecule has 1 aliphatic heterocycles. The van der Waals surface area contributed by atoms with Gasteiger partial charge >= 0.3 is 0 Å². The number of nitrogens with zero attached hydrogens (tertiary/aromatic N) is 1. The predicted molar refractivity (Wildman–Crippen MR) is 70.3 cm³/mol. The first-order valence-corrected chi connectivity index (χ1v) is 6.22. The van der Waals surface area contributed by atoms with Gasteiger partial charge in [0.2, 0.25) is 0 Å². The van der Waals surface area contributed by atoms with Crippen LogP contribution in [0.25, 0.3) is 11.0 Å². The van der Waals surface area contributed by atoms with Gasteiger partial charge in [-0.1, -0.05) is 18.2 Å². The van der Waals surface area contributed by atoms with Crippen LogP contribution in [0.2, 0.25) is 0 Å². The number of rotatable bonds is 2. The van der Waals surface area contributed by atoms with Gasteiger partial charge < -0.3 is 15.1 Å². The number of hydrogen-bond acceptors (Lipinski definition) is 3. The van der Waals surface area contributed by atoms with Crippen molar-refractivity contribution in [1.29, 1.82) is 0 Å². The van der Waals surface area contributed by atoms with Gasteiger partial charge in [-0.15, -0.1) is 0 Å². The maximum atomic E-state index is 5.96. The molecule has 3 heteroatoms. The van der Waals surface area contributed by atoms with Crippen molar-refractivity contribution < 1.29 is 4.42 Å². The Balaban J connectivity index is 1.94. The molecule has 1 atom stereocenters. The molecular formula is C14H18N2O. The number of nitrogens with two attached hydrogens (primary N) is 1. The van der Waals surface area contributed by atoms with Crippen molar-refractivity contribution in [3.63, 3.8) is 0 Å². The second-order valence-electron chi connectivity index (χ2n) is 4.91. The zero-order valence-corrected chi connectivity index (χ0v) is 10.1. The summed E-state index contributed by atoms with van der Waals surface area (Å²) in [6, 6.07) is 8.40.